The quantitative estimate of drug-likeness (QED) is 0.839. The van der Waals surface area contributed by atoms with Gasteiger partial charge in [-0.25, -0.2) is 0 Å². The standard InChI is InChI=1S/C15H20N2O3/c1-11-3-5-12(6-4-11)14(19)16-7-13(18)17-8-15(2)9-20-10-15/h3-6H,7-10H2,1-2H3,(H,16,19)(H,17,18). The van der Waals surface area contributed by atoms with Gasteiger partial charge in [-0.15, -0.1) is 0 Å². The van der Waals surface area contributed by atoms with Crippen molar-refractivity contribution in [3.8, 4) is 0 Å². The summed E-state index contributed by atoms with van der Waals surface area (Å²) in [6.45, 7) is 5.92. The van der Waals surface area contributed by atoms with Gasteiger partial charge in [-0.05, 0) is 19.1 Å². The second-order valence-corrected chi connectivity index (χ2v) is 5.63. The maximum atomic E-state index is 11.8. The second kappa shape index (κ2) is 6.05. The Morgan fingerprint density at radius 3 is 2.40 bits per heavy atom. The Morgan fingerprint density at radius 1 is 1.20 bits per heavy atom. The Morgan fingerprint density at radius 2 is 1.85 bits per heavy atom. The van der Waals surface area contributed by atoms with Gasteiger partial charge in [0.15, 0.2) is 0 Å². The largest absolute Gasteiger partial charge is 0.380 e. The van der Waals surface area contributed by atoms with E-state index in [0.29, 0.717) is 25.3 Å². The molecule has 0 aromatic heterocycles. The molecular weight excluding hydrogens is 256 g/mol. The summed E-state index contributed by atoms with van der Waals surface area (Å²) >= 11 is 0. The summed E-state index contributed by atoms with van der Waals surface area (Å²) in [7, 11) is 0. The number of hydrogen-bond donors (Lipinski definition) is 2. The molecule has 0 atom stereocenters. The molecule has 0 aliphatic carbocycles. The minimum Gasteiger partial charge on any atom is -0.380 e. The number of rotatable bonds is 5. The molecular formula is C15H20N2O3. The predicted octanol–water partition coefficient (Wildman–Crippen LogP) is 0.878. The van der Waals surface area contributed by atoms with Crippen LogP contribution < -0.4 is 10.6 Å². The van der Waals surface area contributed by atoms with Gasteiger partial charge in [-0.2, -0.15) is 0 Å². The number of amides is 2. The minimum atomic E-state index is -0.238. The summed E-state index contributed by atoms with van der Waals surface area (Å²) in [6, 6.07) is 7.23. The summed E-state index contributed by atoms with van der Waals surface area (Å²) in [5.74, 6) is -0.420. The average Bonchev–Trinajstić information content (AvgIpc) is 2.41. The molecule has 1 fully saturated rings. The molecule has 1 aromatic rings. The van der Waals surface area contributed by atoms with Crippen molar-refractivity contribution >= 4 is 11.8 Å². The molecule has 5 nitrogen and oxygen atoms in total. The molecule has 1 aliphatic rings. The Kier molecular flexibility index (Phi) is 4.39. The molecule has 2 amide bonds. The van der Waals surface area contributed by atoms with Gasteiger partial charge in [-0.3, -0.25) is 9.59 Å². The Balaban J connectivity index is 1.72. The molecule has 5 heteroatoms. The van der Waals surface area contributed by atoms with E-state index < -0.39 is 0 Å². The molecule has 0 bridgehead atoms. The molecule has 2 rings (SSSR count). The van der Waals surface area contributed by atoms with Crippen LogP contribution in [-0.4, -0.2) is 38.1 Å². The molecule has 0 spiro atoms. The number of aryl methyl sites for hydroxylation is 1. The number of carbonyl (C=O) groups excluding carboxylic acids is 2. The Bertz CT molecular complexity index is 492. The summed E-state index contributed by atoms with van der Waals surface area (Å²) < 4.78 is 5.11. The Labute approximate surface area is 118 Å². The van der Waals surface area contributed by atoms with Crippen molar-refractivity contribution in [2.45, 2.75) is 13.8 Å². The van der Waals surface area contributed by atoms with Crippen molar-refractivity contribution in [3.63, 3.8) is 0 Å². The first-order valence-electron chi connectivity index (χ1n) is 6.68. The summed E-state index contributed by atoms with van der Waals surface area (Å²) in [6.07, 6.45) is 0. The first kappa shape index (κ1) is 14.5. The molecule has 0 radical (unpaired) electrons. The van der Waals surface area contributed by atoms with Gasteiger partial charge in [0.05, 0.1) is 19.8 Å². The lowest BCUT2D eigenvalue weighted by atomic mass is 9.89. The van der Waals surface area contributed by atoms with Crippen LogP contribution in [0.5, 0.6) is 0 Å². The van der Waals surface area contributed by atoms with E-state index in [-0.39, 0.29) is 23.8 Å². The summed E-state index contributed by atoms with van der Waals surface area (Å²) in [4.78, 5) is 23.5. The maximum Gasteiger partial charge on any atom is 0.251 e. The molecule has 20 heavy (non-hydrogen) atoms. The summed E-state index contributed by atoms with van der Waals surface area (Å²) in [5.41, 5.74) is 1.69. The number of carbonyl (C=O) groups is 2. The zero-order chi connectivity index (χ0) is 14.6. The lowest BCUT2D eigenvalue weighted by molar-refractivity contribution is -0.125. The van der Waals surface area contributed by atoms with Crippen molar-refractivity contribution in [1.29, 1.82) is 0 Å². The van der Waals surface area contributed by atoms with E-state index in [4.69, 9.17) is 4.74 Å². The number of nitrogens with one attached hydrogen (secondary N) is 2. The van der Waals surface area contributed by atoms with Gasteiger partial charge in [0.1, 0.15) is 0 Å². The third-order valence-electron chi connectivity index (χ3n) is 3.34. The van der Waals surface area contributed by atoms with E-state index in [0.717, 1.165) is 5.56 Å². The first-order chi connectivity index (χ1) is 9.48. The van der Waals surface area contributed by atoms with Crippen molar-refractivity contribution < 1.29 is 14.3 Å². The third kappa shape index (κ3) is 3.81. The molecule has 2 N–H and O–H groups in total. The molecule has 0 unspecified atom stereocenters. The van der Waals surface area contributed by atoms with Crippen LogP contribution in [-0.2, 0) is 9.53 Å². The molecule has 0 saturated carbocycles. The number of ether oxygens (including phenoxy) is 1. The van der Waals surface area contributed by atoms with Gasteiger partial charge in [-0.1, -0.05) is 24.6 Å². The van der Waals surface area contributed by atoms with E-state index >= 15 is 0 Å². The highest BCUT2D eigenvalue weighted by Gasteiger charge is 2.33. The molecule has 1 aliphatic heterocycles. The molecule has 1 saturated heterocycles. The fourth-order valence-corrected chi connectivity index (χ4v) is 1.89. The third-order valence-corrected chi connectivity index (χ3v) is 3.34. The Hall–Kier alpha value is -1.88. The van der Waals surface area contributed by atoms with Crippen molar-refractivity contribution in [2.24, 2.45) is 5.41 Å². The van der Waals surface area contributed by atoms with E-state index in [1.165, 1.54) is 0 Å². The van der Waals surface area contributed by atoms with Crippen LogP contribution in [0.15, 0.2) is 24.3 Å². The predicted molar refractivity (Wildman–Crippen MR) is 75.4 cm³/mol. The molecule has 1 aromatic carbocycles. The van der Waals surface area contributed by atoms with E-state index in [1.807, 2.05) is 19.1 Å². The van der Waals surface area contributed by atoms with Crippen LogP contribution in [0.25, 0.3) is 0 Å². The second-order valence-electron chi connectivity index (χ2n) is 5.63. The van der Waals surface area contributed by atoms with Crippen LogP contribution in [0, 0.1) is 12.3 Å². The van der Waals surface area contributed by atoms with Gasteiger partial charge < -0.3 is 15.4 Å². The topological polar surface area (TPSA) is 67.4 Å². The van der Waals surface area contributed by atoms with Crippen molar-refractivity contribution in [3.05, 3.63) is 35.4 Å². The highest BCUT2D eigenvalue weighted by molar-refractivity contribution is 5.96. The monoisotopic (exact) mass is 276 g/mol. The van der Waals surface area contributed by atoms with Crippen LogP contribution in [0.4, 0.5) is 0 Å². The van der Waals surface area contributed by atoms with E-state index in [9.17, 15) is 9.59 Å². The van der Waals surface area contributed by atoms with Gasteiger partial charge in [0, 0.05) is 17.5 Å². The number of hydrogen-bond acceptors (Lipinski definition) is 3. The highest BCUT2D eigenvalue weighted by atomic mass is 16.5. The first-order valence-corrected chi connectivity index (χ1v) is 6.68. The SMILES string of the molecule is Cc1ccc(C(=O)NCC(=O)NCC2(C)COC2)cc1. The van der Waals surface area contributed by atoms with E-state index in [2.05, 4.69) is 17.6 Å². The summed E-state index contributed by atoms with van der Waals surface area (Å²) in [5, 5.41) is 5.42. The number of benzene rings is 1. The maximum absolute atomic E-state index is 11.8. The average molecular weight is 276 g/mol. The molecule has 1 heterocycles. The smallest absolute Gasteiger partial charge is 0.251 e. The normalized spacial score (nSPS) is 16.1. The van der Waals surface area contributed by atoms with Crippen molar-refractivity contribution in [1.82, 2.24) is 10.6 Å². The van der Waals surface area contributed by atoms with Gasteiger partial charge in [0.25, 0.3) is 5.91 Å². The zero-order valence-corrected chi connectivity index (χ0v) is 11.9. The van der Waals surface area contributed by atoms with E-state index in [1.54, 1.807) is 12.1 Å². The van der Waals surface area contributed by atoms with Gasteiger partial charge >= 0.3 is 0 Å². The highest BCUT2D eigenvalue weighted by Crippen LogP contribution is 2.24. The van der Waals surface area contributed by atoms with Crippen LogP contribution in [0.2, 0.25) is 0 Å². The lowest BCUT2D eigenvalue weighted by Gasteiger charge is -2.38. The fourth-order valence-electron chi connectivity index (χ4n) is 1.89. The van der Waals surface area contributed by atoms with Crippen molar-refractivity contribution in [2.75, 3.05) is 26.3 Å². The van der Waals surface area contributed by atoms with Crippen LogP contribution in [0.1, 0.15) is 22.8 Å². The molecule has 108 valence electrons. The minimum absolute atomic E-state index is 0.0103. The lowest BCUT2D eigenvalue weighted by Crippen LogP contribution is -2.50. The van der Waals surface area contributed by atoms with Gasteiger partial charge in [0.2, 0.25) is 5.91 Å². The van der Waals surface area contributed by atoms with Crippen LogP contribution >= 0.6 is 0 Å². The van der Waals surface area contributed by atoms with Crippen LogP contribution in [0.3, 0.4) is 0 Å². The zero-order valence-electron chi connectivity index (χ0n) is 11.9. The fraction of sp³-hybridized carbons (Fsp3) is 0.467.